The molecule has 1 heterocycles. The van der Waals surface area contributed by atoms with Gasteiger partial charge in [-0.3, -0.25) is 0 Å². The number of hydrogen-bond donors (Lipinski definition) is 0. The van der Waals surface area contributed by atoms with E-state index >= 15 is 0 Å². The Morgan fingerprint density at radius 1 is 1.33 bits per heavy atom. The van der Waals surface area contributed by atoms with Gasteiger partial charge < -0.3 is 4.74 Å². The van der Waals surface area contributed by atoms with E-state index in [-0.39, 0.29) is 5.69 Å². The Labute approximate surface area is 91.6 Å². The Kier molecular flexibility index (Phi) is 2.56. The lowest BCUT2D eigenvalue weighted by Gasteiger charge is -2.01. The molecule has 0 bridgehead atoms. The van der Waals surface area contributed by atoms with Crippen LogP contribution in [0.25, 0.3) is 10.9 Å². The molecular formula is C11H8ClNO2. The molecule has 3 nitrogen and oxygen atoms in total. The van der Waals surface area contributed by atoms with Crippen molar-refractivity contribution in [1.82, 2.24) is 4.98 Å². The Balaban J connectivity index is 2.59. The monoisotopic (exact) mass is 221 g/mol. The fourth-order valence-electron chi connectivity index (χ4n) is 1.31. The Hall–Kier alpha value is -1.61. The Morgan fingerprint density at radius 3 is 2.80 bits per heavy atom. The van der Waals surface area contributed by atoms with Crippen molar-refractivity contribution in [2.24, 2.45) is 0 Å². The summed E-state index contributed by atoms with van der Waals surface area (Å²) in [7, 11) is 1.33. The second-order valence-electron chi connectivity index (χ2n) is 3.03. The first kappa shape index (κ1) is 9.93. The van der Waals surface area contributed by atoms with Crippen LogP contribution in [0.2, 0.25) is 5.02 Å². The van der Waals surface area contributed by atoms with Gasteiger partial charge in [-0.1, -0.05) is 23.7 Å². The summed E-state index contributed by atoms with van der Waals surface area (Å²) in [6.07, 6.45) is 0. The van der Waals surface area contributed by atoms with Gasteiger partial charge in [0.2, 0.25) is 0 Å². The van der Waals surface area contributed by atoms with Crippen molar-refractivity contribution in [2.45, 2.75) is 0 Å². The number of carbonyl (C=O) groups excluding carboxylic acids is 1. The van der Waals surface area contributed by atoms with Crippen LogP contribution in [0.5, 0.6) is 0 Å². The number of rotatable bonds is 1. The number of aromatic nitrogens is 1. The Bertz CT molecular complexity index is 525. The van der Waals surface area contributed by atoms with Crippen LogP contribution in [0.1, 0.15) is 10.5 Å². The molecule has 1 aromatic heterocycles. The predicted molar refractivity (Wildman–Crippen MR) is 58.1 cm³/mol. The number of benzene rings is 1. The number of esters is 1. The second kappa shape index (κ2) is 3.87. The lowest BCUT2D eigenvalue weighted by atomic mass is 10.2. The highest BCUT2D eigenvalue weighted by atomic mass is 35.5. The van der Waals surface area contributed by atoms with Crippen LogP contribution in [0.4, 0.5) is 0 Å². The van der Waals surface area contributed by atoms with E-state index in [2.05, 4.69) is 9.72 Å². The van der Waals surface area contributed by atoms with Gasteiger partial charge in [-0.05, 0) is 18.2 Å². The molecule has 0 aliphatic rings. The van der Waals surface area contributed by atoms with Crippen molar-refractivity contribution < 1.29 is 9.53 Å². The van der Waals surface area contributed by atoms with E-state index < -0.39 is 5.97 Å². The normalized spacial score (nSPS) is 10.3. The van der Waals surface area contributed by atoms with Crippen molar-refractivity contribution in [1.29, 1.82) is 0 Å². The van der Waals surface area contributed by atoms with Crippen LogP contribution in [-0.4, -0.2) is 18.1 Å². The molecule has 0 unspecified atom stereocenters. The number of fused-ring (bicyclic) bond motifs is 1. The van der Waals surface area contributed by atoms with Gasteiger partial charge in [0.25, 0.3) is 0 Å². The molecule has 0 N–H and O–H groups in total. The lowest BCUT2D eigenvalue weighted by molar-refractivity contribution is 0.0594. The molecule has 0 saturated heterocycles. The summed E-state index contributed by atoms with van der Waals surface area (Å²) in [5.74, 6) is -0.447. The van der Waals surface area contributed by atoms with E-state index in [1.165, 1.54) is 7.11 Å². The fraction of sp³-hybridized carbons (Fsp3) is 0.0909. The quantitative estimate of drug-likeness (QED) is 0.695. The standard InChI is InChI=1S/C11H8ClNO2/c1-15-11(14)9-5-3-7-2-4-8(12)6-10(7)13-9/h2-6H,1H3. The van der Waals surface area contributed by atoms with Crippen LogP contribution in [0.3, 0.4) is 0 Å². The molecule has 0 spiro atoms. The zero-order valence-electron chi connectivity index (χ0n) is 8.03. The molecule has 0 saturated carbocycles. The van der Waals surface area contributed by atoms with E-state index in [9.17, 15) is 4.79 Å². The van der Waals surface area contributed by atoms with Gasteiger partial charge in [0, 0.05) is 10.4 Å². The molecule has 4 heteroatoms. The first-order valence-electron chi connectivity index (χ1n) is 4.35. The van der Waals surface area contributed by atoms with Crippen LogP contribution >= 0.6 is 11.6 Å². The number of methoxy groups -OCH3 is 1. The predicted octanol–water partition coefficient (Wildman–Crippen LogP) is 2.67. The maximum Gasteiger partial charge on any atom is 0.356 e. The van der Waals surface area contributed by atoms with Crippen LogP contribution in [0.15, 0.2) is 30.3 Å². The summed E-state index contributed by atoms with van der Waals surface area (Å²) in [5, 5.41) is 1.53. The van der Waals surface area contributed by atoms with Crippen molar-refractivity contribution in [3.8, 4) is 0 Å². The number of halogens is 1. The summed E-state index contributed by atoms with van der Waals surface area (Å²) in [6, 6.07) is 8.78. The van der Waals surface area contributed by atoms with Gasteiger partial charge in [-0.25, -0.2) is 9.78 Å². The minimum absolute atomic E-state index is 0.285. The zero-order chi connectivity index (χ0) is 10.8. The molecule has 0 aliphatic carbocycles. The van der Waals surface area contributed by atoms with Crippen LogP contribution in [0, 0.1) is 0 Å². The molecule has 1 aromatic carbocycles. The first-order valence-corrected chi connectivity index (χ1v) is 4.73. The van der Waals surface area contributed by atoms with Gasteiger partial charge in [0.05, 0.1) is 12.6 Å². The van der Waals surface area contributed by atoms with Crippen LogP contribution < -0.4 is 0 Å². The van der Waals surface area contributed by atoms with Crippen molar-refractivity contribution in [2.75, 3.05) is 7.11 Å². The Morgan fingerprint density at radius 2 is 2.07 bits per heavy atom. The molecule has 0 radical (unpaired) electrons. The fourth-order valence-corrected chi connectivity index (χ4v) is 1.47. The number of carbonyl (C=O) groups is 1. The molecule has 2 aromatic rings. The SMILES string of the molecule is COC(=O)c1ccc2ccc(Cl)cc2n1. The molecule has 0 atom stereocenters. The second-order valence-corrected chi connectivity index (χ2v) is 3.46. The summed E-state index contributed by atoms with van der Waals surface area (Å²) in [5.41, 5.74) is 0.970. The average Bonchev–Trinajstić information content (AvgIpc) is 2.27. The molecule has 0 amide bonds. The van der Waals surface area contributed by atoms with Gasteiger partial charge in [0.15, 0.2) is 0 Å². The van der Waals surface area contributed by atoms with Crippen molar-refractivity contribution >= 4 is 28.5 Å². The van der Waals surface area contributed by atoms with Crippen molar-refractivity contribution in [3.05, 3.63) is 41.0 Å². The van der Waals surface area contributed by atoms with Gasteiger partial charge in [-0.15, -0.1) is 0 Å². The van der Waals surface area contributed by atoms with Gasteiger partial charge >= 0.3 is 5.97 Å². The van der Waals surface area contributed by atoms with Crippen LogP contribution in [-0.2, 0) is 4.74 Å². The highest BCUT2D eigenvalue weighted by molar-refractivity contribution is 6.31. The third kappa shape index (κ3) is 1.92. The molecular weight excluding hydrogens is 214 g/mol. The number of hydrogen-bond acceptors (Lipinski definition) is 3. The van der Waals surface area contributed by atoms with E-state index in [0.717, 1.165) is 5.39 Å². The minimum atomic E-state index is -0.447. The highest BCUT2D eigenvalue weighted by Gasteiger charge is 2.07. The number of pyridine rings is 1. The highest BCUT2D eigenvalue weighted by Crippen LogP contribution is 2.18. The topological polar surface area (TPSA) is 39.2 Å². The summed E-state index contributed by atoms with van der Waals surface area (Å²) in [4.78, 5) is 15.4. The molecule has 15 heavy (non-hydrogen) atoms. The van der Waals surface area contributed by atoms with E-state index in [1.807, 2.05) is 12.1 Å². The van der Waals surface area contributed by atoms with E-state index in [4.69, 9.17) is 11.6 Å². The van der Waals surface area contributed by atoms with Gasteiger partial charge in [-0.2, -0.15) is 0 Å². The van der Waals surface area contributed by atoms with Crippen molar-refractivity contribution in [3.63, 3.8) is 0 Å². The number of ether oxygens (including phenoxy) is 1. The minimum Gasteiger partial charge on any atom is -0.464 e. The zero-order valence-corrected chi connectivity index (χ0v) is 8.78. The maximum absolute atomic E-state index is 11.2. The van der Waals surface area contributed by atoms with Gasteiger partial charge in [0.1, 0.15) is 5.69 Å². The van der Waals surface area contributed by atoms with E-state index in [1.54, 1.807) is 18.2 Å². The first-order chi connectivity index (χ1) is 7.20. The lowest BCUT2D eigenvalue weighted by Crippen LogP contribution is -2.03. The summed E-state index contributed by atoms with van der Waals surface area (Å²) < 4.78 is 4.58. The maximum atomic E-state index is 11.2. The molecule has 0 aliphatic heterocycles. The number of nitrogens with zero attached hydrogens (tertiary/aromatic N) is 1. The molecule has 76 valence electrons. The third-order valence-electron chi connectivity index (χ3n) is 2.05. The third-order valence-corrected chi connectivity index (χ3v) is 2.28. The molecule has 2 rings (SSSR count). The molecule has 0 fully saturated rings. The summed E-state index contributed by atoms with van der Waals surface area (Å²) in [6.45, 7) is 0. The summed E-state index contributed by atoms with van der Waals surface area (Å²) >= 11 is 5.83. The van der Waals surface area contributed by atoms with E-state index in [0.29, 0.717) is 10.5 Å². The average molecular weight is 222 g/mol. The largest absolute Gasteiger partial charge is 0.464 e. The smallest absolute Gasteiger partial charge is 0.356 e.